The molecule has 3 heteroatoms. The van der Waals surface area contributed by atoms with E-state index in [9.17, 15) is 4.79 Å². The smallest absolute Gasteiger partial charge is 0.279 e. The van der Waals surface area contributed by atoms with E-state index in [0.29, 0.717) is 0 Å². The molecule has 0 aliphatic heterocycles. The first-order chi connectivity index (χ1) is 10.6. The highest BCUT2D eigenvalue weighted by Crippen LogP contribution is 2.22. The summed E-state index contributed by atoms with van der Waals surface area (Å²) >= 11 is 0. The van der Waals surface area contributed by atoms with Crippen LogP contribution in [-0.2, 0) is 6.42 Å². The number of rotatable bonds is 3. The Kier molecular flexibility index (Phi) is 3.72. The van der Waals surface area contributed by atoms with Gasteiger partial charge in [-0.15, -0.1) is 0 Å². The van der Waals surface area contributed by atoms with Gasteiger partial charge >= 0.3 is 0 Å². The molecule has 1 N–H and O–H groups in total. The molecular weight excluding hydrogens is 272 g/mol. The first-order valence-electron chi connectivity index (χ1n) is 7.58. The molecule has 0 atom stereocenters. The monoisotopic (exact) mass is 292 g/mol. The first kappa shape index (κ1) is 14.4. The van der Waals surface area contributed by atoms with E-state index < -0.39 is 0 Å². The lowest BCUT2D eigenvalue weighted by Crippen LogP contribution is -2.16. The van der Waals surface area contributed by atoms with Gasteiger partial charge < -0.3 is 0 Å². The van der Waals surface area contributed by atoms with Crippen molar-refractivity contribution in [2.45, 2.75) is 27.2 Å². The fourth-order valence-corrected chi connectivity index (χ4v) is 2.74. The lowest BCUT2D eigenvalue weighted by Gasteiger charge is -2.05. The Hall–Kier alpha value is -2.55. The van der Waals surface area contributed by atoms with Crippen LogP contribution in [0.1, 0.15) is 23.7 Å². The van der Waals surface area contributed by atoms with Gasteiger partial charge in [0.1, 0.15) is 0 Å². The largest absolute Gasteiger partial charge is 0.294 e. The fourth-order valence-electron chi connectivity index (χ4n) is 2.74. The number of H-pyrrole nitrogens is 1. The molecule has 0 fully saturated rings. The topological polar surface area (TPSA) is 37.8 Å². The Bertz CT molecular complexity index is 854. The maximum absolute atomic E-state index is 12.9. The number of nitrogens with one attached hydrogen (secondary N) is 1. The zero-order valence-electron chi connectivity index (χ0n) is 13.2. The van der Waals surface area contributed by atoms with E-state index in [4.69, 9.17) is 0 Å². The third-order valence-electron chi connectivity index (χ3n) is 4.02. The Morgan fingerprint density at radius 2 is 1.68 bits per heavy atom. The molecule has 22 heavy (non-hydrogen) atoms. The second kappa shape index (κ2) is 5.68. The third kappa shape index (κ3) is 2.39. The normalized spacial score (nSPS) is 10.9. The van der Waals surface area contributed by atoms with Crippen LogP contribution in [0.5, 0.6) is 0 Å². The van der Waals surface area contributed by atoms with Crippen molar-refractivity contribution in [2.24, 2.45) is 0 Å². The average Bonchev–Trinajstić information content (AvgIpc) is 2.85. The molecule has 0 unspecified atom stereocenters. The van der Waals surface area contributed by atoms with Crippen LogP contribution >= 0.6 is 0 Å². The zero-order chi connectivity index (χ0) is 15.7. The second-order valence-electron chi connectivity index (χ2n) is 5.61. The van der Waals surface area contributed by atoms with E-state index in [1.165, 1.54) is 5.56 Å². The van der Waals surface area contributed by atoms with E-state index in [1.54, 1.807) is 4.68 Å². The van der Waals surface area contributed by atoms with Crippen LogP contribution in [0, 0.1) is 13.8 Å². The Balaban J connectivity index is 2.23. The van der Waals surface area contributed by atoms with Crippen molar-refractivity contribution in [3.63, 3.8) is 0 Å². The molecule has 0 saturated carbocycles. The van der Waals surface area contributed by atoms with Gasteiger partial charge in [0.25, 0.3) is 5.56 Å². The van der Waals surface area contributed by atoms with Crippen molar-refractivity contribution in [1.82, 2.24) is 9.78 Å². The van der Waals surface area contributed by atoms with E-state index >= 15 is 0 Å². The van der Waals surface area contributed by atoms with Crippen LogP contribution in [-0.4, -0.2) is 9.78 Å². The van der Waals surface area contributed by atoms with Crippen molar-refractivity contribution in [1.29, 1.82) is 0 Å². The van der Waals surface area contributed by atoms with Gasteiger partial charge in [0.15, 0.2) is 0 Å². The lowest BCUT2D eigenvalue weighted by atomic mass is 10.0. The van der Waals surface area contributed by atoms with Crippen molar-refractivity contribution >= 4 is 0 Å². The Labute approximate surface area is 130 Å². The predicted octanol–water partition coefficient (Wildman–Crippen LogP) is 4.01. The van der Waals surface area contributed by atoms with Crippen LogP contribution in [0.15, 0.2) is 53.3 Å². The van der Waals surface area contributed by atoms with Crippen LogP contribution in [0.4, 0.5) is 0 Å². The third-order valence-corrected chi connectivity index (χ3v) is 4.02. The summed E-state index contributed by atoms with van der Waals surface area (Å²) in [6.07, 6.45) is 0.789. The number of para-hydroxylation sites is 1. The second-order valence-corrected chi connectivity index (χ2v) is 5.61. The highest BCUT2D eigenvalue weighted by atomic mass is 16.1. The van der Waals surface area contributed by atoms with Gasteiger partial charge in [-0.05, 0) is 37.5 Å². The van der Waals surface area contributed by atoms with E-state index in [2.05, 4.69) is 12.0 Å². The minimum Gasteiger partial charge on any atom is -0.294 e. The molecule has 3 rings (SSSR count). The average molecular weight is 292 g/mol. The molecule has 3 nitrogen and oxygen atoms in total. The summed E-state index contributed by atoms with van der Waals surface area (Å²) < 4.78 is 1.66. The molecule has 112 valence electrons. The number of benzene rings is 2. The van der Waals surface area contributed by atoms with Gasteiger partial charge in [-0.2, -0.15) is 0 Å². The SMILES string of the molecule is CCc1[nH]n(-c2ccccc2C)c(=O)c1-c1ccc(C)cc1. The van der Waals surface area contributed by atoms with Gasteiger partial charge in [-0.25, -0.2) is 4.68 Å². The number of hydrogen-bond donors (Lipinski definition) is 1. The summed E-state index contributed by atoms with van der Waals surface area (Å²) in [5.41, 5.74) is 5.88. The van der Waals surface area contributed by atoms with Crippen LogP contribution in [0.2, 0.25) is 0 Å². The van der Waals surface area contributed by atoms with E-state index in [-0.39, 0.29) is 5.56 Å². The minimum absolute atomic E-state index is 0.00926. The van der Waals surface area contributed by atoms with Gasteiger partial charge in [0.05, 0.1) is 11.3 Å². The quantitative estimate of drug-likeness (QED) is 0.778. The molecule has 0 aliphatic rings. The number of nitrogens with zero attached hydrogens (tertiary/aromatic N) is 1. The van der Waals surface area contributed by atoms with E-state index in [1.807, 2.05) is 62.4 Å². The maximum atomic E-state index is 12.9. The summed E-state index contributed by atoms with van der Waals surface area (Å²) in [7, 11) is 0. The Morgan fingerprint density at radius 1 is 1.00 bits per heavy atom. The lowest BCUT2D eigenvalue weighted by molar-refractivity contribution is 0.814. The van der Waals surface area contributed by atoms with Crippen LogP contribution < -0.4 is 5.56 Å². The fraction of sp³-hybridized carbons (Fsp3) is 0.211. The highest BCUT2D eigenvalue weighted by molar-refractivity contribution is 5.66. The van der Waals surface area contributed by atoms with Crippen LogP contribution in [0.25, 0.3) is 16.8 Å². The molecular formula is C19H20N2O. The molecule has 2 aromatic carbocycles. The van der Waals surface area contributed by atoms with E-state index in [0.717, 1.165) is 34.5 Å². The summed E-state index contributed by atoms with van der Waals surface area (Å²) in [6, 6.07) is 16.0. The molecule has 0 radical (unpaired) electrons. The molecule has 1 heterocycles. The number of aryl methyl sites for hydroxylation is 3. The number of aromatic nitrogens is 2. The summed E-state index contributed by atoms with van der Waals surface area (Å²) in [5, 5.41) is 3.27. The highest BCUT2D eigenvalue weighted by Gasteiger charge is 2.16. The molecule has 0 aliphatic carbocycles. The van der Waals surface area contributed by atoms with Gasteiger partial charge in [-0.3, -0.25) is 9.89 Å². The Morgan fingerprint density at radius 3 is 2.32 bits per heavy atom. The van der Waals surface area contributed by atoms with Crippen molar-refractivity contribution in [2.75, 3.05) is 0 Å². The summed E-state index contributed by atoms with van der Waals surface area (Å²) in [5.74, 6) is 0. The molecule has 3 aromatic rings. The van der Waals surface area contributed by atoms with Crippen molar-refractivity contribution in [3.05, 3.63) is 75.7 Å². The minimum atomic E-state index is 0.00926. The summed E-state index contributed by atoms with van der Waals surface area (Å²) in [6.45, 7) is 6.12. The molecule has 0 amide bonds. The molecule has 0 spiro atoms. The van der Waals surface area contributed by atoms with Crippen molar-refractivity contribution < 1.29 is 0 Å². The standard InChI is InChI=1S/C19H20N2O/c1-4-16-18(15-11-9-13(2)10-12-15)19(22)21(20-16)17-8-6-5-7-14(17)3/h5-12,20H,4H2,1-3H3. The van der Waals surface area contributed by atoms with Gasteiger partial charge in [0, 0.05) is 5.69 Å². The number of hydrogen-bond acceptors (Lipinski definition) is 1. The van der Waals surface area contributed by atoms with Gasteiger partial charge in [0.2, 0.25) is 0 Å². The van der Waals surface area contributed by atoms with Crippen LogP contribution in [0.3, 0.4) is 0 Å². The molecule has 0 saturated heterocycles. The predicted molar refractivity (Wildman–Crippen MR) is 90.7 cm³/mol. The number of aromatic amines is 1. The summed E-state index contributed by atoms with van der Waals surface area (Å²) in [4.78, 5) is 12.9. The first-order valence-corrected chi connectivity index (χ1v) is 7.58. The molecule has 0 bridgehead atoms. The zero-order valence-corrected chi connectivity index (χ0v) is 13.2. The molecule has 1 aromatic heterocycles. The van der Waals surface area contributed by atoms with Crippen molar-refractivity contribution in [3.8, 4) is 16.8 Å². The maximum Gasteiger partial charge on any atom is 0.279 e. The van der Waals surface area contributed by atoms with Gasteiger partial charge in [-0.1, -0.05) is 55.0 Å².